The van der Waals surface area contributed by atoms with Crippen LogP contribution in [0.5, 0.6) is 0 Å². The van der Waals surface area contributed by atoms with Gasteiger partial charge in [0.25, 0.3) is 0 Å². The predicted octanol–water partition coefficient (Wildman–Crippen LogP) is 2.23. The molecule has 3 rings (SSSR count). The number of Topliss-reactive ketones (excluding diaryl/α,β-unsaturated/α-hetero) is 1. The Labute approximate surface area is 132 Å². The van der Waals surface area contributed by atoms with E-state index >= 15 is 0 Å². The molecule has 3 heterocycles. The molecule has 0 radical (unpaired) electrons. The van der Waals surface area contributed by atoms with E-state index in [1.807, 2.05) is 12.1 Å². The third-order valence-electron chi connectivity index (χ3n) is 2.79. The maximum absolute atomic E-state index is 11.0. The number of H-pyrrole nitrogens is 1. The summed E-state index contributed by atoms with van der Waals surface area (Å²) in [6, 6.07) is 10.7. The Morgan fingerprint density at radius 3 is 2.48 bits per heavy atom. The quantitative estimate of drug-likeness (QED) is 0.715. The first kappa shape index (κ1) is 15.9. The van der Waals surface area contributed by atoms with Crippen LogP contribution in [0.1, 0.15) is 16.8 Å². The summed E-state index contributed by atoms with van der Waals surface area (Å²) in [7, 11) is 0. The van der Waals surface area contributed by atoms with Gasteiger partial charge in [-0.3, -0.25) is 19.9 Å². The molecule has 0 saturated carbocycles. The molecule has 0 spiro atoms. The van der Waals surface area contributed by atoms with Gasteiger partial charge in [-0.25, -0.2) is 0 Å². The minimum atomic E-state index is -0.180. The van der Waals surface area contributed by atoms with E-state index in [1.54, 1.807) is 42.9 Å². The highest BCUT2D eigenvalue weighted by Crippen LogP contribution is 2.15. The number of aromatic amines is 1. The van der Waals surface area contributed by atoms with Crippen molar-refractivity contribution >= 4 is 11.6 Å². The van der Waals surface area contributed by atoms with E-state index in [2.05, 4.69) is 20.2 Å². The Morgan fingerprint density at radius 2 is 1.96 bits per heavy atom. The van der Waals surface area contributed by atoms with Gasteiger partial charge in [0.1, 0.15) is 5.82 Å². The maximum atomic E-state index is 11.0. The smallest absolute Gasteiger partial charge is 0.178 e. The highest BCUT2D eigenvalue weighted by atomic mass is 16.1. The number of hydrogen-bond acceptors (Lipinski definition) is 6. The average Bonchev–Trinajstić information content (AvgIpc) is 3.04. The molecule has 3 N–H and O–H groups in total. The molecule has 0 aliphatic carbocycles. The Hall–Kier alpha value is -3.53. The van der Waals surface area contributed by atoms with E-state index < -0.39 is 0 Å². The van der Waals surface area contributed by atoms with Crippen molar-refractivity contribution in [3.8, 4) is 17.3 Å². The predicted molar refractivity (Wildman–Crippen MR) is 85.0 cm³/mol. The fourth-order valence-corrected chi connectivity index (χ4v) is 1.71. The number of pyridine rings is 2. The highest BCUT2D eigenvalue weighted by molar-refractivity contribution is 5.96. The normalized spacial score (nSPS) is 9.35. The lowest BCUT2D eigenvalue weighted by atomic mass is 10.1. The second-order valence-electron chi connectivity index (χ2n) is 4.45. The average molecular weight is 306 g/mol. The molecule has 3 aromatic rings. The molecular formula is C16H14N6O. The Morgan fingerprint density at radius 1 is 1.22 bits per heavy atom. The molecular weight excluding hydrogens is 292 g/mol. The van der Waals surface area contributed by atoms with Crippen LogP contribution in [0.4, 0.5) is 5.82 Å². The number of carbonyl (C=O) groups is 1. The summed E-state index contributed by atoms with van der Waals surface area (Å²) in [6.07, 6.45) is 6.45. The van der Waals surface area contributed by atoms with E-state index in [-0.39, 0.29) is 12.2 Å². The minimum Gasteiger partial charge on any atom is -0.382 e. The van der Waals surface area contributed by atoms with Crippen molar-refractivity contribution in [2.24, 2.45) is 0 Å². The second kappa shape index (κ2) is 8.05. The Balaban J connectivity index is 0.000000168. The zero-order valence-electron chi connectivity index (χ0n) is 12.2. The number of carbonyl (C=O) groups excluding carboxylic acids is 1. The van der Waals surface area contributed by atoms with Crippen LogP contribution in [0.15, 0.2) is 55.1 Å². The monoisotopic (exact) mass is 306 g/mol. The molecule has 3 aromatic heterocycles. The van der Waals surface area contributed by atoms with Crippen molar-refractivity contribution in [2.75, 3.05) is 5.73 Å². The number of nitrogen functional groups attached to an aromatic ring is 1. The van der Waals surface area contributed by atoms with Gasteiger partial charge in [-0.1, -0.05) is 0 Å². The molecule has 114 valence electrons. The van der Waals surface area contributed by atoms with E-state index in [1.165, 1.54) is 6.20 Å². The summed E-state index contributed by atoms with van der Waals surface area (Å²) in [5, 5.41) is 14.8. The highest BCUT2D eigenvalue weighted by Gasteiger charge is 2.02. The van der Waals surface area contributed by atoms with Crippen molar-refractivity contribution in [1.82, 2.24) is 20.2 Å². The number of nitriles is 1. The largest absolute Gasteiger partial charge is 0.382 e. The number of nitrogens with zero attached hydrogens (tertiary/aromatic N) is 4. The number of ketones is 1. The lowest BCUT2D eigenvalue weighted by Gasteiger charge is -1.92. The molecule has 0 aromatic carbocycles. The summed E-state index contributed by atoms with van der Waals surface area (Å²) in [5.74, 6) is 0.314. The first-order chi connectivity index (χ1) is 11.2. The fraction of sp³-hybridized carbons (Fsp3) is 0.0625. The van der Waals surface area contributed by atoms with E-state index in [4.69, 9.17) is 11.0 Å². The number of nitrogens with one attached hydrogen (secondary N) is 1. The number of aromatic nitrogens is 4. The van der Waals surface area contributed by atoms with Gasteiger partial charge in [0, 0.05) is 42.0 Å². The summed E-state index contributed by atoms with van der Waals surface area (Å²) in [6.45, 7) is 0. The number of hydrogen-bond donors (Lipinski definition) is 2. The zero-order chi connectivity index (χ0) is 16.5. The lowest BCUT2D eigenvalue weighted by molar-refractivity contribution is 0.0997. The van der Waals surface area contributed by atoms with E-state index in [0.29, 0.717) is 11.4 Å². The fourth-order valence-electron chi connectivity index (χ4n) is 1.71. The molecule has 0 amide bonds. The molecule has 0 atom stereocenters. The van der Waals surface area contributed by atoms with Crippen LogP contribution in [0.3, 0.4) is 0 Å². The molecule has 23 heavy (non-hydrogen) atoms. The van der Waals surface area contributed by atoms with Gasteiger partial charge in [0.2, 0.25) is 0 Å². The first-order valence-electron chi connectivity index (χ1n) is 6.72. The van der Waals surface area contributed by atoms with Crippen LogP contribution in [0.25, 0.3) is 11.3 Å². The van der Waals surface area contributed by atoms with Gasteiger partial charge >= 0.3 is 0 Å². The van der Waals surface area contributed by atoms with Gasteiger partial charge in [0.05, 0.1) is 18.2 Å². The Kier molecular flexibility index (Phi) is 5.54. The van der Waals surface area contributed by atoms with Crippen LogP contribution >= 0.6 is 0 Å². The van der Waals surface area contributed by atoms with Gasteiger partial charge in [-0.2, -0.15) is 10.4 Å². The number of anilines is 1. The van der Waals surface area contributed by atoms with Crippen LogP contribution in [0.2, 0.25) is 0 Å². The van der Waals surface area contributed by atoms with Gasteiger partial charge < -0.3 is 5.73 Å². The number of rotatable bonds is 3. The standard InChI is InChI=1S/C8H8N4.C8H6N2O/c9-8-4-7(11-12-8)6-2-1-3-10-5-6;9-4-3-8(11)7-2-1-5-10-6-7/h1-5H,(H3,9,11,12);1-2,5-6H,3H2. The first-order valence-corrected chi connectivity index (χ1v) is 6.72. The van der Waals surface area contributed by atoms with E-state index in [0.717, 1.165) is 11.3 Å². The summed E-state index contributed by atoms with van der Waals surface area (Å²) < 4.78 is 0. The molecule has 0 saturated heterocycles. The van der Waals surface area contributed by atoms with Crippen molar-refractivity contribution in [3.63, 3.8) is 0 Å². The van der Waals surface area contributed by atoms with Crippen molar-refractivity contribution < 1.29 is 4.79 Å². The topological polar surface area (TPSA) is 121 Å². The minimum absolute atomic E-state index is 0.0777. The molecule has 0 bridgehead atoms. The summed E-state index contributed by atoms with van der Waals surface area (Å²) >= 11 is 0. The molecule has 0 aliphatic heterocycles. The van der Waals surface area contributed by atoms with Crippen LogP contribution in [-0.2, 0) is 0 Å². The molecule has 0 aliphatic rings. The third kappa shape index (κ3) is 4.75. The molecule has 7 heteroatoms. The third-order valence-corrected chi connectivity index (χ3v) is 2.79. The SMILES string of the molecule is N#CCC(=O)c1cccnc1.Nc1cc(-c2cccnc2)[nH]n1. The van der Waals surface area contributed by atoms with Gasteiger partial charge in [-0.15, -0.1) is 0 Å². The van der Waals surface area contributed by atoms with Crippen molar-refractivity contribution in [1.29, 1.82) is 5.26 Å². The van der Waals surface area contributed by atoms with Gasteiger partial charge in [-0.05, 0) is 24.3 Å². The maximum Gasteiger partial charge on any atom is 0.178 e. The van der Waals surface area contributed by atoms with Crippen LogP contribution in [-0.4, -0.2) is 25.9 Å². The van der Waals surface area contributed by atoms with Crippen molar-refractivity contribution in [2.45, 2.75) is 6.42 Å². The second-order valence-corrected chi connectivity index (χ2v) is 4.45. The van der Waals surface area contributed by atoms with Gasteiger partial charge in [0.15, 0.2) is 5.78 Å². The zero-order valence-corrected chi connectivity index (χ0v) is 12.2. The number of nitrogens with two attached hydrogens (primary N) is 1. The lowest BCUT2D eigenvalue weighted by Crippen LogP contribution is -1.96. The molecule has 7 nitrogen and oxygen atoms in total. The van der Waals surface area contributed by atoms with Crippen LogP contribution in [0, 0.1) is 11.3 Å². The van der Waals surface area contributed by atoms with Crippen molar-refractivity contribution in [3.05, 3.63) is 60.7 Å². The summed E-state index contributed by atoms with van der Waals surface area (Å²) in [5.41, 5.74) is 7.82. The molecule has 0 unspecified atom stereocenters. The summed E-state index contributed by atoms with van der Waals surface area (Å²) in [4.78, 5) is 18.7. The van der Waals surface area contributed by atoms with Crippen LogP contribution < -0.4 is 5.73 Å². The van der Waals surface area contributed by atoms with E-state index in [9.17, 15) is 4.79 Å². The molecule has 0 fully saturated rings. The Bertz CT molecular complexity index is 792.